The van der Waals surface area contributed by atoms with Crippen LogP contribution < -0.4 is 0 Å². The number of fused-ring (bicyclic) bond motifs is 1. The van der Waals surface area contributed by atoms with E-state index in [4.69, 9.17) is 0 Å². The van der Waals surface area contributed by atoms with Gasteiger partial charge in [0.15, 0.2) is 5.16 Å². The van der Waals surface area contributed by atoms with E-state index in [0.717, 1.165) is 21.8 Å². The number of carbonyl (C=O) groups is 1. The summed E-state index contributed by atoms with van der Waals surface area (Å²) in [7, 11) is -4.18. The van der Waals surface area contributed by atoms with Crippen molar-refractivity contribution in [1.29, 1.82) is 0 Å². The van der Waals surface area contributed by atoms with Crippen molar-refractivity contribution in [2.75, 3.05) is 18.8 Å². The SMILES string of the molecule is CCN(CC)C(=O)CSc1nc2ccccc2n1S(=O)(=O)c1cccc([N+](=O)[O-])c1. The predicted octanol–water partition coefficient (Wildman–Crippen LogP) is 3.14. The maximum atomic E-state index is 13.4. The summed E-state index contributed by atoms with van der Waals surface area (Å²) in [5.74, 6) is -0.105. The molecule has 0 aliphatic heterocycles. The molecule has 0 saturated heterocycles. The molecule has 3 aromatic rings. The van der Waals surface area contributed by atoms with Crippen molar-refractivity contribution in [1.82, 2.24) is 13.9 Å². The number of nitrogens with zero attached hydrogens (tertiary/aromatic N) is 4. The Balaban J connectivity index is 2.08. The molecule has 1 heterocycles. The highest BCUT2D eigenvalue weighted by atomic mass is 32.2. The average Bonchev–Trinajstić information content (AvgIpc) is 3.12. The number of hydrogen-bond donors (Lipinski definition) is 0. The summed E-state index contributed by atoms with van der Waals surface area (Å²) < 4.78 is 27.8. The molecule has 0 atom stereocenters. The third kappa shape index (κ3) is 4.17. The standard InChI is InChI=1S/C19H20N4O5S2/c1-3-21(4-2)18(24)13-29-19-20-16-10-5-6-11-17(16)22(19)30(27,28)15-9-7-8-14(12-15)23(25)26/h5-12H,3-4,13H2,1-2H3. The largest absolute Gasteiger partial charge is 0.343 e. The Labute approximate surface area is 177 Å². The van der Waals surface area contributed by atoms with Gasteiger partial charge >= 0.3 is 0 Å². The van der Waals surface area contributed by atoms with Gasteiger partial charge in [0.1, 0.15) is 0 Å². The molecule has 0 aliphatic rings. The summed E-state index contributed by atoms with van der Waals surface area (Å²) in [5.41, 5.74) is 0.456. The zero-order valence-electron chi connectivity index (χ0n) is 16.4. The van der Waals surface area contributed by atoms with Crippen LogP contribution in [0, 0.1) is 10.1 Å². The van der Waals surface area contributed by atoms with E-state index in [1.807, 2.05) is 13.8 Å². The van der Waals surface area contributed by atoms with Gasteiger partial charge in [0.05, 0.1) is 26.6 Å². The van der Waals surface area contributed by atoms with Crippen molar-refractivity contribution in [3.05, 3.63) is 58.6 Å². The molecule has 9 nitrogen and oxygen atoms in total. The van der Waals surface area contributed by atoms with Crippen LogP contribution in [0.1, 0.15) is 13.8 Å². The van der Waals surface area contributed by atoms with Gasteiger partial charge in [0.25, 0.3) is 15.7 Å². The normalized spacial score (nSPS) is 11.5. The summed E-state index contributed by atoms with van der Waals surface area (Å²) in [5, 5.41) is 11.2. The third-order valence-electron chi connectivity index (χ3n) is 4.50. The highest BCUT2D eigenvalue weighted by molar-refractivity contribution is 8.00. The zero-order valence-corrected chi connectivity index (χ0v) is 18.0. The molecule has 0 spiro atoms. The van der Waals surface area contributed by atoms with E-state index in [9.17, 15) is 23.3 Å². The van der Waals surface area contributed by atoms with Gasteiger partial charge < -0.3 is 4.90 Å². The second-order valence-corrected chi connectivity index (χ2v) is 8.99. The second-order valence-electron chi connectivity index (χ2n) is 6.26. The molecule has 0 radical (unpaired) electrons. The molecule has 0 fully saturated rings. The van der Waals surface area contributed by atoms with Gasteiger partial charge in [-0.05, 0) is 32.0 Å². The van der Waals surface area contributed by atoms with Crippen molar-refractivity contribution in [3.63, 3.8) is 0 Å². The molecule has 11 heteroatoms. The van der Waals surface area contributed by atoms with E-state index >= 15 is 0 Å². The topological polar surface area (TPSA) is 115 Å². The van der Waals surface area contributed by atoms with E-state index in [1.165, 1.54) is 18.2 Å². The number of amides is 1. The van der Waals surface area contributed by atoms with Crippen LogP contribution in [0.2, 0.25) is 0 Å². The number of hydrogen-bond acceptors (Lipinski definition) is 7. The molecule has 0 saturated carbocycles. The van der Waals surface area contributed by atoms with Gasteiger partial charge in [-0.3, -0.25) is 14.9 Å². The first-order valence-corrected chi connectivity index (χ1v) is 11.6. The number of nitro groups is 1. The van der Waals surface area contributed by atoms with Crippen molar-refractivity contribution < 1.29 is 18.1 Å². The Hall–Kier alpha value is -2.92. The monoisotopic (exact) mass is 448 g/mol. The Morgan fingerprint density at radius 2 is 1.87 bits per heavy atom. The van der Waals surface area contributed by atoms with Crippen LogP contribution in [0.3, 0.4) is 0 Å². The quantitative estimate of drug-likeness (QED) is 0.295. The fourth-order valence-corrected chi connectivity index (χ4v) is 5.62. The van der Waals surface area contributed by atoms with Gasteiger partial charge in [-0.25, -0.2) is 17.4 Å². The Kier molecular flexibility index (Phi) is 6.42. The minimum Gasteiger partial charge on any atom is -0.343 e. The van der Waals surface area contributed by atoms with Crippen LogP contribution in [-0.4, -0.2) is 51.9 Å². The minimum absolute atomic E-state index is 0.0233. The number of aromatic nitrogens is 2. The number of thioether (sulfide) groups is 1. The number of non-ortho nitro benzene ring substituents is 1. The first kappa shape index (κ1) is 21.8. The Bertz CT molecular complexity index is 1200. The van der Waals surface area contributed by atoms with Gasteiger partial charge in [0.2, 0.25) is 5.91 Å². The fourth-order valence-electron chi connectivity index (χ4n) is 2.96. The van der Waals surface area contributed by atoms with E-state index in [-0.39, 0.29) is 27.4 Å². The molecule has 1 amide bonds. The summed E-state index contributed by atoms with van der Waals surface area (Å²) >= 11 is 1.02. The van der Waals surface area contributed by atoms with E-state index in [2.05, 4.69) is 4.98 Å². The first-order chi connectivity index (χ1) is 14.3. The van der Waals surface area contributed by atoms with E-state index in [1.54, 1.807) is 29.2 Å². The molecular weight excluding hydrogens is 428 g/mol. The molecule has 0 bridgehead atoms. The van der Waals surface area contributed by atoms with E-state index in [0.29, 0.717) is 24.1 Å². The molecule has 0 aliphatic carbocycles. The summed E-state index contributed by atoms with van der Waals surface area (Å²) in [6.07, 6.45) is 0. The molecule has 0 N–H and O–H groups in total. The van der Waals surface area contributed by atoms with Crippen LogP contribution in [0.25, 0.3) is 11.0 Å². The van der Waals surface area contributed by atoms with Crippen LogP contribution in [-0.2, 0) is 14.8 Å². The lowest BCUT2D eigenvalue weighted by Gasteiger charge is -2.18. The maximum absolute atomic E-state index is 13.4. The zero-order chi connectivity index (χ0) is 21.9. The molecular formula is C19H20N4O5S2. The fraction of sp³-hybridized carbons (Fsp3) is 0.263. The number of nitro benzene ring substituents is 1. The lowest BCUT2D eigenvalue weighted by molar-refractivity contribution is -0.385. The van der Waals surface area contributed by atoms with Crippen LogP contribution in [0.15, 0.2) is 58.6 Å². The van der Waals surface area contributed by atoms with Gasteiger partial charge in [-0.15, -0.1) is 0 Å². The number of para-hydroxylation sites is 2. The van der Waals surface area contributed by atoms with Gasteiger partial charge in [0, 0.05) is 25.2 Å². The molecule has 2 aromatic carbocycles. The summed E-state index contributed by atoms with van der Waals surface area (Å²) in [4.78, 5) is 28.6. The van der Waals surface area contributed by atoms with Crippen molar-refractivity contribution in [2.45, 2.75) is 23.9 Å². The van der Waals surface area contributed by atoms with Crippen molar-refractivity contribution in [2.24, 2.45) is 0 Å². The number of imidazole rings is 1. The van der Waals surface area contributed by atoms with Crippen molar-refractivity contribution >= 4 is 44.4 Å². The molecule has 30 heavy (non-hydrogen) atoms. The van der Waals surface area contributed by atoms with Crippen LogP contribution in [0.5, 0.6) is 0 Å². The summed E-state index contributed by atoms with van der Waals surface area (Å²) in [6.45, 7) is 4.85. The maximum Gasteiger partial charge on any atom is 0.270 e. The smallest absolute Gasteiger partial charge is 0.270 e. The Morgan fingerprint density at radius 3 is 2.53 bits per heavy atom. The molecule has 3 rings (SSSR count). The molecule has 1 aromatic heterocycles. The van der Waals surface area contributed by atoms with Crippen LogP contribution >= 0.6 is 11.8 Å². The average molecular weight is 449 g/mol. The third-order valence-corrected chi connectivity index (χ3v) is 7.24. The van der Waals surface area contributed by atoms with Gasteiger partial charge in [-0.2, -0.15) is 0 Å². The first-order valence-electron chi connectivity index (χ1n) is 9.17. The molecule has 158 valence electrons. The highest BCUT2D eigenvalue weighted by Crippen LogP contribution is 2.30. The Morgan fingerprint density at radius 1 is 1.17 bits per heavy atom. The number of rotatable bonds is 8. The minimum atomic E-state index is -4.18. The predicted molar refractivity (Wildman–Crippen MR) is 114 cm³/mol. The lowest BCUT2D eigenvalue weighted by Crippen LogP contribution is -2.32. The number of benzene rings is 2. The molecule has 0 unspecified atom stereocenters. The lowest BCUT2D eigenvalue weighted by atomic mass is 10.3. The highest BCUT2D eigenvalue weighted by Gasteiger charge is 2.26. The summed E-state index contributed by atoms with van der Waals surface area (Å²) in [6, 6.07) is 11.5. The van der Waals surface area contributed by atoms with Crippen LogP contribution in [0.4, 0.5) is 5.69 Å². The van der Waals surface area contributed by atoms with E-state index < -0.39 is 14.9 Å². The number of carbonyl (C=O) groups excluding carboxylic acids is 1. The van der Waals surface area contributed by atoms with Gasteiger partial charge in [-0.1, -0.05) is 30.0 Å². The van der Waals surface area contributed by atoms with Crippen molar-refractivity contribution in [3.8, 4) is 0 Å². The second kappa shape index (κ2) is 8.84.